The smallest absolute Gasteiger partial charge is 0.228 e. The predicted octanol–water partition coefficient (Wildman–Crippen LogP) is 1.30. The summed E-state index contributed by atoms with van der Waals surface area (Å²) >= 11 is 5.83. The Morgan fingerprint density at radius 1 is 1.23 bits per heavy atom. The highest BCUT2D eigenvalue weighted by molar-refractivity contribution is 6.30. The minimum atomic E-state index is 0.637. The summed E-state index contributed by atoms with van der Waals surface area (Å²) in [4.78, 5) is 9.28. The topological polar surface area (TPSA) is 63.2 Å². The van der Waals surface area contributed by atoms with Crippen molar-refractivity contribution in [2.24, 2.45) is 0 Å². The summed E-state index contributed by atoms with van der Waals surface area (Å²) < 4.78 is 7.08. The maximum atomic E-state index is 5.83. The van der Waals surface area contributed by atoms with Crippen LogP contribution in [0.2, 0.25) is 5.02 Å². The Morgan fingerprint density at radius 3 is 2.68 bits per heavy atom. The largest absolute Gasteiger partial charge is 0.339 e. The molecule has 3 rings (SSSR count). The number of piperazine rings is 1. The van der Waals surface area contributed by atoms with E-state index in [0.717, 1.165) is 45.1 Å². The van der Waals surface area contributed by atoms with Crippen molar-refractivity contribution in [3.63, 3.8) is 0 Å². The van der Waals surface area contributed by atoms with Gasteiger partial charge in [0.25, 0.3) is 0 Å². The third-order valence-electron chi connectivity index (χ3n) is 3.94. The summed E-state index contributed by atoms with van der Waals surface area (Å²) in [7, 11) is 0. The molecule has 0 saturated carbocycles. The minimum Gasteiger partial charge on any atom is -0.339 e. The second kappa shape index (κ2) is 7.21. The second-order valence-corrected chi connectivity index (χ2v) is 5.92. The van der Waals surface area contributed by atoms with Crippen LogP contribution in [0, 0.1) is 0 Å². The van der Waals surface area contributed by atoms with E-state index < -0.39 is 0 Å². The van der Waals surface area contributed by atoms with Crippen LogP contribution in [0.4, 0.5) is 0 Å². The lowest BCUT2D eigenvalue weighted by atomic mass is 10.3. The summed E-state index contributed by atoms with van der Waals surface area (Å²) in [6, 6.07) is 0. The van der Waals surface area contributed by atoms with Gasteiger partial charge in [0.05, 0.1) is 17.8 Å². The summed E-state index contributed by atoms with van der Waals surface area (Å²) in [6.45, 7) is 9.11. The van der Waals surface area contributed by atoms with E-state index in [-0.39, 0.29) is 0 Å². The molecule has 0 aromatic carbocycles. The van der Waals surface area contributed by atoms with E-state index in [9.17, 15) is 0 Å². The highest BCUT2D eigenvalue weighted by Gasteiger charge is 2.17. The quantitative estimate of drug-likeness (QED) is 0.798. The van der Waals surface area contributed by atoms with E-state index in [1.54, 1.807) is 17.1 Å². The van der Waals surface area contributed by atoms with Crippen LogP contribution in [0.1, 0.15) is 18.6 Å². The van der Waals surface area contributed by atoms with Gasteiger partial charge in [0.15, 0.2) is 5.82 Å². The van der Waals surface area contributed by atoms with Gasteiger partial charge in [-0.15, -0.1) is 0 Å². The van der Waals surface area contributed by atoms with Crippen molar-refractivity contribution in [1.29, 1.82) is 0 Å². The van der Waals surface area contributed by atoms with E-state index in [0.29, 0.717) is 23.9 Å². The number of halogens is 1. The van der Waals surface area contributed by atoms with E-state index in [4.69, 9.17) is 16.1 Å². The maximum absolute atomic E-state index is 5.83. The van der Waals surface area contributed by atoms with Crippen LogP contribution in [0.25, 0.3) is 0 Å². The molecule has 0 unspecified atom stereocenters. The fourth-order valence-corrected chi connectivity index (χ4v) is 2.75. The maximum Gasteiger partial charge on any atom is 0.228 e. The second-order valence-electron chi connectivity index (χ2n) is 5.49. The van der Waals surface area contributed by atoms with Crippen LogP contribution in [-0.4, -0.2) is 62.4 Å². The van der Waals surface area contributed by atoms with Gasteiger partial charge in [-0.25, -0.2) is 0 Å². The molecule has 1 fully saturated rings. The fraction of sp³-hybridized carbons (Fsp3) is 0.643. The average molecular weight is 325 g/mol. The minimum absolute atomic E-state index is 0.637. The summed E-state index contributed by atoms with van der Waals surface area (Å²) in [5, 5.41) is 8.83. The molecule has 0 N–H and O–H groups in total. The highest BCUT2D eigenvalue weighted by atomic mass is 35.5. The zero-order chi connectivity index (χ0) is 15.4. The molecule has 0 atom stereocenters. The molecule has 2 aromatic rings. The third-order valence-corrected chi connectivity index (χ3v) is 4.14. The average Bonchev–Trinajstić information content (AvgIpc) is 3.15. The van der Waals surface area contributed by atoms with E-state index in [1.807, 2.05) is 0 Å². The SMILES string of the molecule is CCN1CCN(Cc2noc(CCn3cc(Cl)cn3)n2)CC1. The van der Waals surface area contributed by atoms with Gasteiger partial charge in [-0.2, -0.15) is 10.1 Å². The van der Waals surface area contributed by atoms with Crippen molar-refractivity contribution in [3.05, 3.63) is 29.1 Å². The predicted molar refractivity (Wildman–Crippen MR) is 82.6 cm³/mol. The van der Waals surface area contributed by atoms with Crippen molar-refractivity contribution in [3.8, 4) is 0 Å². The van der Waals surface area contributed by atoms with Gasteiger partial charge in [-0.1, -0.05) is 23.7 Å². The Morgan fingerprint density at radius 2 is 2.00 bits per heavy atom. The van der Waals surface area contributed by atoms with E-state index >= 15 is 0 Å². The molecule has 1 saturated heterocycles. The number of hydrogen-bond acceptors (Lipinski definition) is 6. The van der Waals surface area contributed by atoms with E-state index in [2.05, 4.69) is 32.0 Å². The van der Waals surface area contributed by atoms with Crippen LogP contribution in [0.15, 0.2) is 16.9 Å². The first-order valence-corrected chi connectivity index (χ1v) is 8.05. The van der Waals surface area contributed by atoms with Crippen molar-refractivity contribution >= 4 is 11.6 Å². The van der Waals surface area contributed by atoms with Crippen LogP contribution in [0.3, 0.4) is 0 Å². The molecule has 120 valence electrons. The van der Waals surface area contributed by atoms with Gasteiger partial charge >= 0.3 is 0 Å². The summed E-state index contributed by atoms with van der Waals surface area (Å²) in [6.07, 6.45) is 4.07. The molecular weight excluding hydrogens is 304 g/mol. The number of nitrogens with zero attached hydrogens (tertiary/aromatic N) is 6. The number of likely N-dealkylation sites (N-methyl/N-ethyl adjacent to an activating group) is 1. The molecule has 0 spiro atoms. The highest BCUT2D eigenvalue weighted by Crippen LogP contribution is 2.08. The monoisotopic (exact) mass is 324 g/mol. The van der Waals surface area contributed by atoms with Crippen LogP contribution >= 0.6 is 11.6 Å². The molecular formula is C14H21ClN6O. The molecule has 0 aliphatic carbocycles. The van der Waals surface area contributed by atoms with Crippen molar-refractivity contribution < 1.29 is 4.52 Å². The van der Waals surface area contributed by atoms with Crippen LogP contribution in [0.5, 0.6) is 0 Å². The van der Waals surface area contributed by atoms with Crippen LogP contribution < -0.4 is 0 Å². The Labute approximate surface area is 134 Å². The van der Waals surface area contributed by atoms with Gasteiger partial charge in [-0.05, 0) is 6.54 Å². The molecule has 0 radical (unpaired) electrons. The zero-order valence-corrected chi connectivity index (χ0v) is 13.5. The molecule has 8 heteroatoms. The third kappa shape index (κ3) is 4.06. The molecule has 0 bridgehead atoms. The standard InChI is InChI=1S/C14H21ClN6O/c1-2-19-5-7-20(8-6-19)11-13-17-14(22-18-13)3-4-21-10-12(15)9-16-21/h9-10H,2-8,11H2,1H3. The molecule has 0 amide bonds. The number of aromatic nitrogens is 4. The Bertz CT molecular complexity index is 590. The lowest BCUT2D eigenvalue weighted by Crippen LogP contribution is -2.45. The Balaban J connectivity index is 1.47. The Hall–Kier alpha value is -1.44. The van der Waals surface area contributed by atoms with Crippen molar-refractivity contribution in [2.75, 3.05) is 32.7 Å². The van der Waals surface area contributed by atoms with Gasteiger partial charge in [0, 0.05) is 45.3 Å². The molecule has 3 heterocycles. The molecule has 1 aliphatic rings. The molecule has 22 heavy (non-hydrogen) atoms. The first kappa shape index (κ1) is 15.5. The Kier molecular flexibility index (Phi) is 5.07. The van der Waals surface area contributed by atoms with Crippen molar-refractivity contribution in [2.45, 2.75) is 26.4 Å². The van der Waals surface area contributed by atoms with Gasteiger partial charge < -0.3 is 9.42 Å². The first-order valence-electron chi connectivity index (χ1n) is 7.67. The summed E-state index contributed by atoms with van der Waals surface area (Å²) in [5.74, 6) is 1.41. The lowest BCUT2D eigenvalue weighted by molar-refractivity contribution is 0.128. The summed E-state index contributed by atoms with van der Waals surface area (Å²) in [5.41, 5.74) is 0. The molecule has 7 nitrogen and oxygen atoms in total. The van der Waals surface area contributed by atoms with Gasteiger partial charge in [-0.3, -0.25) is 9.58 Å². The fourth-order valence-electron chi connectivity index (χ4n) is 2.59. The van der Waals surface area contributed by atoms with Gasteiger partial charge in [0.1, 0.15) is 0 Å². The normalized spacial score (nSPS) is 17.2. The first-order chi connectivity index (χ1) is 10.7. The number of aryl methyl sites for hydroxylation is 2. The van der Waals surface area contributed by atoms with Crippen LogP contribution in [-0.2, 0) is 19.5 Å². The molecule has 2 aromatic heterocycles. The zero-order valence-electron chi connectivity index (χ0n) is 12.8. The van der Waals surface area contributed by atoms with Crippen molar-refractivity contribution in [1.82, 2.24) is 29.7 Å². The van der Waals surface area contributed by atoms with E-state index in [1.165, 1.54) is 0 Å². The number of hydrogen-bond donors (Lipinski definition) is 0. The lowest BCUT2D eigenvalue weighted by Gasteiger charge is -2.33. The number of rotatable bonds is 6. The molecule has 1 aliphatic heterocycles. The van der Waals surface area contributed by atoms with Gasteiger partial charge in [0.2, 0.25) is 5.89 Å².